The Morgan fingerprint density at radius 1 is 1.38 bits per heavy atom. The van der Waals surface area contributed by atoms with E-state index in [1.54, 1.807) is 18.3 Å². The molecule has 6 nitrogen and oxygen atoms in total. The third kappa shape index (κ3) is 4.30. The third-order valence-electron chi connectivity index (χ3n) is 4.17. The fourth-order valence-electron chi connectivity index (χ4n) is 2.70. The average Bonchev–Trinajstić information content (AvgIpc) is 3.06. The predicted octanol–water partition coefficient (Wildman–Crippen LogP) is 1.76. The molecule has 0 aliphatic rings. The van der Waals surface area contributed by atoms with Crippen LogP contribution in [0.3, 0.4) is 0 Å². The summed E-state index contributed by atoms with van der Waals surface area (Å²) in [5, 5.41) is 5.33. The molecule has 8 heteroatoms. The summed E-state index contributed by atoms with van der Waals surface area (Å²) >= 11 is 7.42. The van der Waals surface area contributed by atoms with Gasteiger partial charge in [-0.2, -0.15) is 0 Å². The van der Waals surface area contributed by atoms with Crippen molar-refractivity contribution in [2.45, 2.75) is 20.4 Å². The van der Waals surface area contributed by atoms with Crippen LogP contribution in [0.1, 0.15) is 18.2 Å². The molecule has 0 spiro atoms. The fraction of sp³-hybridized carbons (Fsp3) is 0.278. The average molecular weight is 392 g/mol. The van der Waals surface area contributed by atoms with E-state index < -0.39 is 0 Å². The summed E-state index contributed by atoms with van der Waals surface area (Å²) < 4.78 is 1.52. The van der Waals surface area contributed by atoms with Gasteiger partial charge in [-0.1, -0.05) is 17.7 Å². The number of carbonyl (C=O) groups is 1. The van der Waals surface area contributed by atoms with Crippen molar-refractivity contribution in [1.82, 2.24) is 9.38 Å². The first kappa shape index (κ1) is 18.6. The number of rotatable bonds is 6. The molecule has 0 aliphatic carbocycles. The van der Waals surface area contributed by atoms with Gasteiger partial charge in [-0.25, -0.2) is 4.98 Å². The molecule has 2 N–H and O–H groups in total. The Morgan fingerprint density at radius 3 is 2.96 bits per heavy atom. The Bertz CT molecular complexity index is 998. The topological polar surface area (TPSA) is 67.9 Å². The summed E-state index contributed by atoms with van der Waals surface area (Å²) in [6.45, 7) is 5.47. The number of aryl methyl sites for hydroxylation is 1. The van der Waals surface area contributed by atoms with Gasteiger partial charge < -0.3 is 10.2 Å². The molecule has 1 amide bonds. The Hall–Kier alpha value is -2.22. The molecule has 136 valence electrons. The summed E-state index contributed by atoms with van der Waals surface area (Å²) in [4.78, 5) is 30.7. The molecule has 1 aromatic carbocycles. The van der Waals surface area contributed by atoms with E-state index in [0.29, 0.717) is 27.9 Å². The number of fused-ring (bicyclic) bond motifs is 1. The number of quaternary nitrogens is 1. The SMILES string of the molecule is CC[NH+](CC(=O)Nc1cc(Cl)ccc1C)Cc1cc(=O)n2ccsc2n1. The number of benzene rings is 1. The monoisotopic (exact) mass is 391 g/mol. The number of hydrogen-bond acceptors (Lipinski definition) is 4. The zero-order valence-electron chi connectivity index (χ0n) is 14.6. The molecule has 0 bridgehead atoms. The number of halogens is 1. The maximum atomic E-state index is 12.4. The number of nitrogens with zero attached hydrogens (tertiary/aromatic N) is 2. The van der Waals surface area contributed by atoms with Crippen LogP contribution in [0, 0.1) is 6.92 Å². The molecular weight excluding hydrogens is 372 g/mol. The number of aromatic nitrogens is 2. The second-order valence-electron chi connectivity index (χ2n) is 6.11. The number of anilines is 1. The lowest BCUT2D eigenvalue weighted by Gasteiger charge is -2.17. The van der Waals surface area contributed by atoms with Crippen LogP contribution >= 0.6 is 22.9 Å². The van der Waals surface area contributed by atoms with Gasteiger partial charge in [-0.15, -0.1) is 11.3 Å². The lowest BCUT2D eigenvalue weighted by atomic mass is 10.2. The maximum Gasteiger partial charge on any atom is 0.279 e. The van der Waals surface area contributed by atoms with Gasteiger partial charge in [-0.3, -0.25) is 14.0 Å². The van der Waals surface area contributed by atoms with E-state index in [2.05, 4.69) is 10.3 Å². The zero-order valence-corrected chi connectivity index (χ0v) is 16.2. The number of amides is 1. The first-order chi connectivity index (χ1) is 12.5. The quantitative estimate of drug-likeness (QED) is 0.672. The van der Waals surface area contributed by atoms with Crippen LogP contribution in [0.15, 0.2) is 40.6 Å². The zero-order chi connectivity index (χ0) is 18.7. The van der Waals surface area contributed by atoms with Gasteiger partial charge in [0.1, 0.15) is 12.2 Å². The minimum atomic E-state index is -0.0966. The predicted molar refractivity (Wildman–Crippen MR) is 104 cm³/mol. The van der Waals surface area contributed by atoms with Crippen molar-refractivity contribution in [3.05, 3.63) is 62.5 Å². The van der Waals surface area contributed by atoms with Crippen LogP contribution in [0.2, 0.25) is 5.02 Å². The Balaban J connectivity index is 1.69. The fourth-order valence-corrected chi connectivity index (χ4v) is 3.61. The van der Waals surface area contributed by atoms with Crippen LogP contribution in [-0.2, 0) is 11.3 Å². The van der Waals surface area contributed by atoms with E-state index in [9.17, 15) is 9.59 Å². The molecule has 0 aliphatic heterocycles. The van der Waals surface area contributed by atoms with Crippen molar-refractivity contribution in [2.75, 3.05) is 18.4 Å². The van der Waals surface area contributed by atoms with E-state index in [0.717, 1.165) is 17.0 Å². The van der Waals surface area contributed by atoms with Gasteiger partial charge in [0.05, 0.1) is 6.54 Å². The van der Waals surface area contributed by atoms with Crippen molar-refractivity contribution in [1.29, 1.82) is 0 Å². The van der Waals surface area contributed by atoms with E-state index in [1.807, 2.05) is 25.3 Å². The molecule has 3 rings (SSSR count). The van der Waals surface area contributed by atoms with E-state index in [-0.39, 0.29) is 18.0 Å². The number of thiazole rings is 1. The Morgan fingerprint density at radius 2 is 2.19 bits per heavy atom. The highest BCUT2D eigenvalue weighted by Crippen LogP contribution is 2.19. The second-order valence-corrected chi connectivity index (χ2v) is 7.42. The molecule has 26 heavy (non-hydrogen) atoms. The summed E-state index contributed by atoms with van der Waals surface area (Å²) in [5.41, 5.74) is 2.27. The standard InChI is InChI=1S/C18H19ClN4O2S/c1-3-22(10-14-9-17(25)23-6-7-26-18(23)20-14)11-16(24)21-15-8-13(19)5-4-12(15)2/h4-9H,3,10-11H2,1-2H3,(H,21,24)/p+1. The number of carbonyl (C=O) groups excluding carboxylic acids is 1. The molecule has 1 atom stereocenters. The summed E-state index contributed by atoms with van der Waals surface area (Å²) in [6.07, 6.45) is 1.71. The van der Waals surface area contributed by atoms with Crippen molar-refractivity contribution in [3.63, 3.8) is 0 Å². The number of hydrogen-bond donors (Lipinski definition) is 2. The molecule has 1 unspecified atom stereocenters. The van der Waals surface area contributed by atoms with Crippen LogP contribution in [-0.4, -0.2) is 28.4 Å². The van der Waals surface area contributed by atoms with Gasteiger partial charge in [0.2, 0.25) is 0 Å². The van der Waals surface area contributed by atoms with Crippen LogP contribution in [0.4, 0.5) is 5.69 Å². The molecule has 0 fully saturated rings. The smallest absolute Gasteiger partial charge is 0.279 e. The van der Waals surface area contributed by atoms with Crippen LogP contribution in [0.25, 0.3) is 4.96 Å². The Kier molecular flexibility index (Phi) is 5.70. The van der Waals surface area contributed by atoms with Gasteiger partial charge in [0, 0.05) is 28.4 Å². The van der Waals surface area contributed by atoms with E-state index >= 15 is 0 Å². The summed E-state index contributed by atoms with van der Waals surface area (Å²) in [7, 11) is 0. The first-order valence-corrected chi connectivity index (χ1v) is 9.57. The summed E-state index contributed by atoms with van der Waals surface area (Å²) in [6, 6.07) is 6.94. The lowest BCUT2D eigenvalue weighted by molar-refractivity contribution is -0.904. The van der Waals surface area contributed by atoms with Crippen molar-refractivity contribution >= 4 is 39.5 Å². The minimum Gasteiger partial charge on any atom is -0.322 e. The molecule has 0 saturated heterocycles. The van der Waals surface area contributed by atoms with Gasteiger partial charge in [-0.05, 0) is 31.5 Å². The van der Waals surface area contributed by atoms with Crippen LogP contribution < -0.4 is 15.8 Å². The Labute approximate surface area is 160 Å². The highest BCUT2D eigenvalue weighted by atomic mass is 35.5. The van der Waals surface area contributed by atoms with Crippen molar-refractivity contribution in [2.24, 2.45) is 0 Å². The minimum absolute atomic E-state index is 0.0962. The van der Waals surface area contributed by atoms with Crippen molar-refractivity contribution in [3.8, 4) is 0 Å². The number of likely N-dealkylation sites (N-methyl/N-ethyl adjacent to an activating group) is 1. The van der Waals surface area contributed by atoms with E-state index in [1.165, 1.54) is 21.8 Å². The third-order valence-corrected chi connectivity index (χ3v) is 5.16. The molecule has 0 saturated carbocycles. The molecular formula is C18H20ClN4O2S+. The van der Waals surface area contributed by atoms with Gasteiger partial charge in [0.15, 0.2) is 11.5 Å². The van der Waals surface area contributed by atoms with Gasteiger partial charge in [0.25, 0.3) is 11.5 Å². The highest BCUT2D eigenvalue weighted by molar-refractivity contribution is 7.15. The largest absolute Gasteiger partial charge is 0.322 e. The molecule has 0 radical (unpaired) electrons. The lowest BCUT2D eigenvalue weighted by Crippen LogP contribution is -3.11. The summed E-state index contributed by atoms with van der Waals surface area (Å²) in [5.74, 6) is -0.0962. The number of nitrogens with one attached hydrogen (secondary N) is 2. The molecule has 3 aromatic rings. The van der Waals surface area contributed by atoms with Gasteiger partial charge >= 0.3 is 0 Å². The molecule has 2 aromatic heterocycles. The normalized spacial score (nSPS) is 12.3. The first-order valence-electron chi connectivity index (χ1n) is 8.31. The maximum absolute atomic E-state index is 12.4. The van der Waals surface area contributed by atoms with Crippen molar-refractivity contribution < 1.29 is 9.69 Å². The highest BCUT2D eigenvalue weighted by Gasteiger charge is 2.16. The molecule has 2 heterocycles. The van der Waals surface area contributed by atoms with Crippen LogP contribution in [0.5, 0.6) is 0 Å². The second kappa shape index (κ2) is 7.99. The van der Waals surface area contributed by atoms with E-state index in [4.69, 9.17) is 11.6 Å².